The van der Waals surface area contributed by atoms with Crippen molar-refractivity contribution in [2.45, 2.75) is 43.4 Å². The molecule has 0 radical (unpaired) electrons. The van der Waals surface area contributed by atoms with Crippen LogP contribution in [-0.4, -0.2) is 92.1 Å². The molecule has 2 aliphatic rings. The summed E-state index contributed by atoms with van der Waals surface area (Å²) in [4.78, 5) is 35.0. The van der Waals surface area contributed by atoms with Gasteiger partial charge >= 0.3 is 17.9 Å². The van der Waals surface area contributed by atoms with Gasteiger partial charge in [-0.05, 0) is 23.8 Å². The van der Waals surface area contributed by atoms with E-state index < -0.39 is 79.8 Å². The molecule has 0 unspecified atom stereocenters. The molecule has 0 spiro atoms. The minimum Gasteiger partial charge on any atom is -0.508 e. The molecule has 6 N–H and O–H groups in total. The van der Waals surface area contributed by atoms with E-state index in [1.54, 1.807) is 12.1 Å². The van der Waals surface area contributed by atoms with Crippen LogP contribution in [0.5, 0.6) is 5.75 Å². The molecule has 1 aromatic rings. The van der Waals surface area contributed by atoms with Gasteiger partial charge in [0.2, 0.25) is 6.29 Å². The van der Waals surface area contributed by atoms with E-state index in [0.717, 1.165) is 12.3 Å². The largest absolute Gasteiger partial charge is 0.508 e. The first-order valence-electron chi connectivity index (χ1n) is 11.4. The molecule has 0 aliphatic carbocycles. The summed E-state index contributed by atoms with van der Waals surface area (Å²) in [7, 11) is 0. The van der Waals surface area contributed by atoms with Crippen molar-refractivity contribution in [2.24, 2.45) is 11.8 Å². The van der Waals surface area contributed by atoms with Crippen molar-refractivity contribution in [1.82, 2.24) is 0 Å². The van der Waals surface area contributed by atoms with E-state index in [1.807, 2.05) is 0 Å². The molecule has 2 heterocycles. The van der Waals surface area contributed by atoms with Crippen LogP contribution in [0.1, 0.15) is 12.0 Å². The third-order valence-corrected chi connectivity index (χ3v) is 6.05. The second kappa shape index (κ2) is 12.7. The van der Waals surface area contributed by atoms with E-state index in [-0.39, 0.29) is 11.3 Å². The lowest BCUT2D eigenvalue weighted by Crippen LogP contribution is -2.60. The predicted octanol–water partition coefficient (Wildman–Crippen LogP) is -0.00930. The minimum absolute atomic E-state index is 0.0551. The van der Waals surface area contributed by atoms with Crippen LogP contribution < -0.4 is 0 Å². The van der Waals surface area contributed by atoms with Gasteiger partial charge in [-0.15, -0.1) is 6.58 Å². The first kappa shape index (κ1) is 28.8. The van der Waals surface area contributed by atoms with Gasteiger partial charge in [0.05, 0.1) is 18.3 Å². The van der Waals surface area contributed by atoms with E-state index in [9.17, 15) is 45.0 Å². The van der Waals surface area contributed by atoms with Crippen LogP contribution in [0.25, 0.3) is 6.08 Å². The lowest BCUT2D eigenvalue weighted by Gasteiger charge is -2.43. The van der Waals surface area contributed by atoms with Gasteiger partial charge in [0.1, 0.15) is 36.8 Å². The van der Waals surface area contributed by atoms with Crippen LogP contribution >= 0.6 is 0 Å². The Morgan fingerprint density at radius 3 is 2.29 bits per heavy atom. The van der Waals surface area contributed by atoms with Crippen LogP contribution in [0.4, 0.5) is 0 Å². The third-order valence-electron chi connectivity index (χ3n) is 6.05. The normalized spacial score (nSPS) is 31.2. The summed E-state index contributed by atoms with van der Waals surface area (Å²) in [5, 5.41) is 58.9. The number of carbonyl (C=O) groups is 3. The number of aliphatic hydroxyl groups excluding tert-OH is 3. The summed E-state index contributed by atoms with van der Waals surface area (Å²) in [6.07, 6.45) is -5.55. The van der Waals surface area contributed by atoms with E-state index in [2.05, 4.69) is 6.58 Å². The number of ether oxygens (including phenoxy) is 4. The molecule has 0 bridgehead atoms. The van der Waals surface area contributed by atoms with Crippen molar-refractivity contribution in [3.05, 3.63) is 60.4 Å². The molecular formula is C25H28O13. The predicted molar refractivity (Wildman–Crippen MR) is 126 cm³/mol. The van der Waals surface area contributed by atoms with E-state index >= 15 is 0 Å². The zero-order chi connectivity index (χ0) is 28.0. The van der Waals surface area contributed by atoms with Gasteiger partial charge < -0.3 is 49.6 Å². The summed E-state index contributed by atoms with van der Waals surface area (Å²) in [5.41, 5.74) is 0.286. The van der Waals surface area contributed by atoms with E-state index in [0.29, 0.717) is 5.56 Å². The Labute approximate surface area is 216 Å². The monoisotopic (exact) mass is 536 g/mol. The van der Waals surface area contributed by atoms with Crippen molar-refractivity contribution >= 4 is 24.0 Å². The molecule has 0 amide bonds. The van der Waals surface area contributed by atoms with Crippen molar-refractivity contribution in [3.8, 4) is 5.75 Å². The number of benzene rings is 1. The molecule has 38 heavy (non-hydrogen) atoms. The lowest BCUT2D eigenvalue weighted by atomic mass is 9.81. The zero-order valence-corrected chi connectivity index (χ0v) is 19.9. The first-order chi connectivity index (χ1) is 18.0. The molecular weight excluding hydrogens is 508 g/mol. The Morgan fingerprint density at radius 2 is 1.68 bits per heavy atom. The van der Waals surface area contributed by atoms with Crippen molar-refractivity contribution < 1.29 is 64.0 Å². The summed E-state index contributed by atoms with van der Waals surface area (Å²) in [6.45, 7) is 3.05. The molecule has 1 fully saturated rings. The Bertz CT molecular complexity index is 1080. The smallest absolute Gasteiger partial charge is 0.335 e. The zero-order valence-electron chi connectivity index (χ0n) is 19.9. The maximum absolute atomic E-state index is 12.1. The SMILES string of the molecule is C=C[C@H]1[C@H](O[C@@H]2O[C@H](COC(=O)C=Cc3ccc(O)cc3)[C@@H](O)[C@H](O)[C@H]2O)OC=C(C(=O)O)[C@H]1CC(=O)O. The number of carboxylic acids is 2. The minimum atomic E-state index is -1.79. The van der Waals surface area contributed by atoms with Crippen molar-refractivity contribution in [3.63, 3.8) is 0 Å². The number of hydrogen-bond acceptors (Lipinski definition) is 11. The van der Waals surface area contributed by atoms with Gasteiger partial charge in [-0.1, -0.05) is 18.2 Å². The van der Waals surface area contributed by atoms with Crippen LogP contribution in [0.2, 0.25) is 0 Å². The number of phenolic OH excluding ortho intramolecular Hbond substituents is 1. The number of aromatic hydroxyl groups is 1. The number of aliphatic hydroxyl groups is 3. The average molecular weight is 536 g/mol. The van der Waals surface area contributed by atoms with E-state index in [4.69, 9.17) is 18.9 Å². The topological polar surface area (TPSA) is 210 Å². The highest BCUT2D eigenvalue weighted by Crippen LogP contribution is 2.36. The van der Waals surface area contributed by atoms with E-state index in [1.165, 1.54) is 24.3 Å². The number of esters is 1. The summed E-state index contributed by atoms with van der Waals surface area (Å²) >= 11 is 0. The van der Waals surface area contributed by atoms with Gasteiger partial charge in [0.25, 0.3) is 0 Å². The second-order valence-corrected chi connectivity index (χ2v) is 8.61. The standard InChI is InChI=1S/C25H28O13/c1-2-14-15(9-18(27)28)16(23(33)34)10-36-24(14)38-25-22(32)21(31)20(30)17(37-25)11-35-19(29)8-5-12-3-6-13(26)7-4-12/h2-8,10,14-15,17,20-22,24-26,30-32H,1,9,11H2,(H,27,28)(H,33,34)/t14-,15+,17-,20-,21+,22-,24+,25+/m1/s1. The highest BCUT2D eigenvalue weighted by molar-refractivity contribution is 5.88. The molecule has 3 rings (SSSR count). The number of carbonyl (C=O) groups excluding carboxylic acids is 1. The fourth-order valence-electron chi connectivity index (χ4n) is 4.02. The molecule has 13 heteroatoms. The summed E-state index contributed by atoms with van der Waals surface area (Å²) in [5.74, 6) is -5.51. The number of aliphatic carboxylic acids is 2. The Kier molecular flexibility index (Phi) is 9.61. The maximum atomic E-state index is 12.1. The molecule has 8 atom stereocenters. The summed E-state index contributed by atoms with van der Waals surface area (Å²) in [6, 6.07) is 5.98. The van der Waals surface area contributed by atoms with Gasteiger partial charge in [-0.25, -0.2) is 9.59 Å². The Morgan fingerprint density at radius 1 is 1.00 bits per heavy atom. The van der Waals surface area contributed by atoms with Crippen LogP contribution in [0, 0.1) is 11.8 Å². The number of rotatable bonds is 10. The Hall–Kier alpha value is -3.75. The Balaban J connectivity index is 1.67. The summed E-state index contributed by atoms with van der Waals surface area (Å²) < 4.78 is 21.5. The number of carboxylic acid groups (broad SMARTS) is 2. The number of hydrogen-bond donors (Lipinski definition) is 6. The maximum Gasteiger partial charge on any atom is 0.335 e. The average Bonchev–Trinajstić information content (AvgIpc) is 2.87. The molecule has 13 nitrogen and oxygen atoms in total. The van der Waals surface area contributed by atoms with Crippen LogP contribution in [0.3, 0.4) is 0 Å². The molecule has 2 aliphatic heterocycles. The highest BCUT2D eigenvalue weighted by atomic mass is 16.8. The highest BCUT2D eigenvalue weighted by Gasteiger charge is 2.48. The molecule has 0 aromatic heterocycles. The van der Waals surface area contributed by atoms with Gasteiger partial charge in [-0.2, -0.15) is 0 Å². The molecule has 206 valence electrons. The third kappa shape index (κ3) is 6.96. The number of phenols is 1. The lowest BCUT2D eigenvalue weighted by molar-refractivity contribution is -0.339. The van der Waals surface area contributed by atoms with Crippen LogP contribution in [-0.2, 0) is 33.3 Å². The second-order valence-electron chi connectivity index (χ2n) is 8.61. The molecule has 1 aromatic carbocycles. The van der Waals surface area contributed by atoms with Crippen molar-refractivity contribution in [1.29, 1.82) is 0 Å². The van der Waals surface area contributed by atoms with Crippen molar-refractivity contribution in [2.75, 3.05) is 6.61 Å². The quantitative estimate of drug-likeness (QED) is 0.132. The molecule has 1 saturated heterocycles. The van der Waals surface area contributed by atoms with Gasteiger partial charge in [0.15, 0.2) is 6.29 Å². The first-order valence-corrected chi connectivity index (χ1v) is 11.4. The molecule has 0 saturated carbocycles. The van der Waals surface area contributed by atoms with Gasteiger partial charge in [0, 0.05) is 17.9 Å². The van der Waals surface area contributed by atoms with Gasteiger partial charge in [-0.3, -0.25) is 4.79 Å². The fourth-order valence-corrected chi connectivity index (χ4v) is 4.02. The fraction of sp³-hybridized carbons (Fsp3) is 0.400. The van der Waals surface area contributed by atoms with Crippen LogP contribution in [0.15, 0.2) is 54.8 Å².